The third kappa shape index (κ3) is 2.51. The molecule has 0 spiro atoms. The SMILES string of the molecule is NCCc1c[nH]c2cc(-c3c(O)ccc4[nH]cc(CCN)c34)c(O)cc12. The van der Waals surface area contributed by atoms with Crippen molar-refractivity contribution in [1.82, 2.24) is 9.97 Å². The van der Waals surface area contributed by atoms with Gasteiger partial charge in [-0.05, 0) is 61.3 Å². The Morgan fingerprint density at radius 1 is 0.808 bits per heavy atom. The quantitative estimate of drug-likeness (QED) is 0.331. The molecule has 4 rings (SSSR count). The maximum Gasteiger partial charge on any atom is 0.124 e. The van der Waals surface area contributed by atoms with Crippen LogP contribution in [0, 0.1) is 0 Å². The topological polar surface area (TPSA) is 124 Å². The van der Waals surface area contributed by atoms with Crippen LogP contribution in [0.25, 0.3) is 32.9 Å². The van der Waals surface area contributed by atoms with E-state index in [4.69, 9.17) is 11.5 Å². The van der Waals surface area contributed by atoms with Crippen molar-refractivity contribution in [3.63, 3.8) is 0 Å². The normalized spacial score (nSPS) is 11.6. The maximum absolute atomic E-state index is 10.7. The van der Waals surface area contributed by atoms with Gasteiger partial charge in [0.25, 0.3) is 0 Å². The number of H-pyrrole nitrogens is 2. The smallest absolute Gasteiger partial charge is 0.124 e. The Kier molecular flexibility index (Phi) is 4.06. The molecule has 26 heavy (non-hydrogen) atoms. The Hall–Kier alpha value is -2.96. The minimum absolute atomic E-state index is 0.123. The van der Waals surface area contributed by atoms with Crippen LogP contribution in [-0.2, 0) is 12.8 Å². The highest BCUT2D eigenvalue weighted by Gasteiger charge is 2.18. The minimum atomic E-state index is 0.123. The molecule has 2 heterocycles. The number of rotatable bonds is 5. The second-order valence-corrected chi connectivity index (χ2v) is 6.50. The lowest BCUT2D eigenvalue weighted by atomic mass is 9.95. The van der Waals surface area contributed by atoms with Gasteiger partial charge in [0.05, 0.1) is 0 Å². The summed E-state index contributed by atoms with van der Waals surface area (Å²) in [6.07, 6.45) is 5.24. The number of fused-ring (bicyclic) bond motifs is 2. The number of aromatic hydroxyl groups is 2. The van der Waals surface area contributed by atoms with Crippen molar-refractivity contribution < 1.29 is 10.2 Å². The molecule has 0 amide bonds. The van der Waals surface area contributed by atoms with Gasteiger partial charge >= 0.3 is 0 Å². The number of phenols is 2. The highest BCUT2D eigenvalue weighted by atomic mass is 16.3. The Bertz CT molecular complexity index is 1090. The van der Waals surface area contributed by atoms with E-state index < -0.39 is 0 Å². The molecule has 6 heteroatoms. The second kappa shape index (κ2) is 6.40. The van der Waals surface area contributed by atoms with Crippen molar-refractivity contribution in [2.24, 2.45) is 11.5 Å². The summed E-state index contributed by atoms with van der Waals surface area (Å²) in [6.45, 7) is 1.05. The van der Waals surface area contributed by atoms with Crippen molar-refractivity contribution in [3.8, 4) is 22.6 Å². The van der Waals surface area contributed by atoms with Gasteiger partial charge in [-0.3, -0.25) is 0 Å². The molecule has 4 aromatic rings. The van der Waals surface area contributed by atoms with Crippen LogP contribution in [0.3, 0.4) is 0 Å². The lowest BCUT2D eigenvalue weighted by Gasteiger charge is -2.11. The zero-order valence-electron chi connectivity index (χ0n) is 14.3. The number of benzene rings is 2. The summed E-state index contributed by atoms with van der Waals surface area (Å²) in [6, 6.07) is 7.08. The van der Waals surface area contributed by atoms with E-state index in [0.29, 0.717) is 30.6 Å². The van der Waals surface area contributed by atoms with E-state index in [1.165, 1.54) is 0 Å². The summed E-state index contributed by atoms with van der Waals surface area (Å²) >= 11 is 0. The lowest BCUT2D eigenvalue weighted by Crippen LogP contribution is -2.02. The van der Waals surface area contributed by atoms with Crippen molar-refractivity contribution in [3.05, 3.63) is 47.8 Å². The zero-order chi connectivity index (χ0) is 18.3. The fourth-order valence-electron chi connectivity index (χ4n) is 3.69. The fraction of sp³-hybridized carbons (Fsp3) is 0.200. The van der Waals surface area contributed by atoms with E-state index in [9.17, 15) is 10.2 Å². The third-order valence-electron chi connectivity index (χ3n) is 4.89. The summed E-state index contributed by atoms with van der Waals surface area (Å²) < 4.78 is 0. The Morgan fingerprint density at radius 3 is 2.27 bits per heavy atom. The van der Waals surface area contributed by atoms with Crippen molar-refractivity contribution in [2.75, 3.05) is 13.1 Å². The zero-order valence-corrected chi connectivity index (χ0v) is 14.3. The number of hydrogen-bond donors (Lipinski definition) is 6. The molecule has 0 unspecified atom stereocenters. The largest absolute Gasteiger partial charge is 0.507 e. The molecule has 0 saturated heterocycles. The van der Waals surface area contributed by atoms with Crippen LogP contribution in [0.2, 0.25) is 0 Å². The first-order valence-electron chi connectivity index (χ1n) is 8.69. The molecule has 0 atom stereocenters. The molecule has 6 nitrogen and oxygen atoms in total. The first-order valence-corrected chi connectivity index (χ1v) is 8.69. The van der Waals surface area contributed by atoms with Crippen LogP contribution in [0.15, 0.2) is 36.7 Å². The van der Waals surface area contributed by atoms with Gasteiger partial charge < -0.3 is 31.6 Å². The lowest BCUT2D eigenvalue weighted by molar-refractivity contribution is 0.470. The summed E-state index contributed by atoms with van der Waals surface area (Å²) in [5.41, 5.74) is 16.5. The molecule has 0 aliphatic heterocycles. The number of aromatic nitrogens is 2. The Labute approximate surface area is 150 Å². The van der Waals surface area contributed by atoms with Crippen LogP contribution in [0.4, 0.5) is 0 Å². The van der Waals surface area contributed by atoms with Crippen molar-refractivity contribution in [2.45, 2.75) is 12.8 Å². The van der Waals surface area contributed by atoms with Gasteiger partial charge in [-0.2, -0.15) is 0 Å². The number of hydrogen-bond acceptors (Lipinski definition) is 4. The predicted octanol–water partition coefficient (Wildman–Crippen LogP) is 2.73. The van der Waals surface area contributed by atoms with Crippen LogP contribution in [0.5, 0.6) is 11.5 Å². The molecular weight excluding hydrogens is 328 g/mol. The van der Waals surface area contributed by atoms with E-state index in [0.717, 1.165) is 39.4 Å². The molecule has 134 valence electrons. The van der Waals surface area contributed by atoms with Crippen LogP contribution in [-0.4, -0.2) is 33.3 Å². The fourth-order valence-corrected chi connectivity index (χ4v) is 3.69. The molecule has 8 N–H and O–H groups in total. The molecule has 0 aliphatic rings. The van der Waals surface area contributed by atoms with E-state index in [2.05, 4.69) is 9.97 Å². The highest BCUT2D eigenvalue weighted by molar-refractivity contribution is 6.04. The minimum Gasteiger partial charge on any atom is -0.507 e. The van der Waals surface area contributed by atoms with Crippen LogP contribution in [0.1, 0.15) is 11.1 Å². The molecule has 2 aromatic heterocycles. The number of nitrogens with two attached hydrogens (primary N) is 2. The molecule has 0 fully saturated rings. The Morgan fingerprint density at radius 2 is 1.50 bits per heavy atom. The van der Waals surface area contributed by atoms with Gasteiger partial charge in [0, 0.05) is 45.3 Å². The standard InChI is InChI=1S/C20H22N4O2/c21-5-3-11-9-24-16-7-14(18(26)8-13(11)16)20-17(25)2-1-15-19(20)12(4-6-22)10-23-15/h1-2,7-10,23-26H,3-6,21-22H2. The average molecular weight is 350 g/mol. The molecule has 2 aromatic carbocycles. The first kappa shape index (κ1) is 16.5. The summed E-state index contributed by atoms with van der Waals surface area (Å²) in [7, 11) is 0. The van der Waals surface area contributed by atoms with Gasteiger partial charge in [0.2, 0.25) is 0 Å². The number of nitrogens with one attached hydrogen (secondary N) is 2. The first-order chi connectivity index (χ1) is 12.6. The summed E-state index contributed by atoms with van der Waals surface area (Å²) in [4.78, 5) is 6.45. The maximum atomic E-state index is 10.7. The highest BCUT2D eigenvalue weighted by Crippen LogP contribution is 2.43. The molecule has 0 radical (unpaired) electrons. The predicted molar refractivity (Wildman–Crippen MR) is 104 cm³/mol. The van der Waals surface area contributed by atoms with Crippen LogP contribution >= 0.6 is 0 Å². The van der Waals surface area contributed by atoms with Gasteiger partial charge in [0.1, 0.15) is 11.5 Å². The van der Waals surface area contributed by atoms with Gasteiger partial charge in [0.15, 0.2) is 0 Å². The monoisotopic (exact) mass is 350 g/mol. The van der Waals surface area contributed by atoms with E-state index in [1.807, 2.05) is 24.5 Å². The molecule has 0 bridgehead atoms. The van der Waals surface area contributed by atoms with Gasteiger partial charge in [-0.1, -0.05) is 0 Å². The molecule has 0 saturated carbocycles. The van der Waals surface area contributed by atoms with Gasteiger partial charge in [-0.15, -0.1) is 0 Å². The van der Waals surface area contributed by atoms with Crippen LogP contribution < -0.4 is 11.5 Å². The van der Waals surface area contributed by atoms with Crippen molar-refractivity contribution >= 4 is 21.8 Å². The average Bonchev–Trinajstić information content (AvgIpc) is 3.20. The summed E-state index contributed by atoms with van der Waals surface area (Å²) in [5.74, 6) is 0.247. The third-order valence-corrected chi connectivity index (χ3v) is 4.89. The number of phenolic OH excluding ortho intramolecular Hbond substituents is 2. The Balaban J connectivity index is 1.99. The van der Waals surface area contributed by atoms with Gasteiger partial charge in [-0.25, -0.2) is 0 Å². The van der Waals surface area contributed by atoms with Crippen molar-refractivity contribution in [1.29, 1.82) is 0 Å². The molecular formula is C20H22N4O2. The van der Waals surface area contributed by atoms with E-state index >= 15 is 0 Å². The van der Waals surface area contributed by atoms with E-state index in [-0.39, 0.29) is 11.5 Å². The second-order valence-electron chi connectivity index (χ2n) is 6.50. The summed E-state index contributed by atoms with van der Waals surface area (Å²) in [5, 5.41) is 23.1. The van der Waals surface area contributed by atoms with E-state index in [1.54, 1.807) is 12.1 Å². The number of aromatic amines is 2. The molecule has 0 aliphatic carbocycles.